The van der Waals surface area contributed by atoms with Gasteiger partial charge in [0.25, 0.3) is 11.8 Å². The fraction of sp³-hybridized carbons (Fsp3) is 0.286. The molecule has 3 rings (SSSR count). The minimum Gasteiger partial charge on any atom is -0.435 e. The summed E-state index contributed by atoms with van der Waals surface area (Å²) in [6.45, 7) is 0.839. The highest BCUT2D eigenvalue weighted by molar-refractivity contribution is 7.90. The van der Waals surface area contributed by atoms with E-state index in [1.54, 1.807) is 41.3 Å². The van der Waals surface area contributed by atoms with E-state index < -0.39 is 33.7 Å². The average molecular weight is 496 g/mol. The van der Waals surface area contributed by atoms with E-state index in [-0.39, 0.29) is 12.5 Å². The molecule has 2 aromatic rings. The molecule has 0 unspecified atom stereocenters. The lowest BCUT2D eigenvalue weighted by Gasteiger charge is -2.27. The maximum atomic E-state index is 12.7. The van der Waals surface area contributed by atoms with Gasteiger partial charge in [-0.3, -0.25) is 14.9 Å². The van der Waals surface area contributed by atoms with E-state index in [1.807, 2.05) is 0 Å². The van der Waals surface area contributed by atoms with Crippen LogP contribution in [0.25, 0.3) is 0 Å². The first kappa shape index (κ1) is 24.5. The molecular weight excluding hydrogens is 474 g/mol. The van der Waals surface area contributed by atoms with Crippen LogP contribution in [0.4, 0.5) is 21.9 Å². The number of morpholine rings is 1. The molecule has 1 saturated heterocycles. The molecule has 1 aliphatic heterocycles. The first-order valence-electron chi connectivity index (χ1n) is 9.81. The molecule has 10 nitrogen and oxygen atoms in total. The number of sulfone groups is 1. The zero-order valence-corrected chi connectivity index (χ0v) is 19.2. The Morgan fingerprint density at radius 2 is 1.70 bits per heavy atom. The molecule has 1 fully saturated rings. The zero-order chi connectivity index (χ0) is 24.0. The maximum Gasteiger partial charge on any atom is 0.412 e. The van der Waals surface area contributed by atoms with E-state index in [1.165, 1.54) is 12.1 Å². The van der Waals surface area contributed by atoms with Gasteiger partial charge in [0, 0.05) is 34.9 Å². The number of nitrogens with one attached hydrogen (secondary N) is 2. The van der Waals surface area contributed by atoms with Crippen LogP contribution in [0.3, 0.4) is 0 Å². The molecule has 0 aliphatic carbocycles. The Bertz CT molecular complexity index is 1120. The van der Waals surface area contributed by atoms with Crippen molar-refractivity contribution in [3.05, 3.63) is 53.6 Å². The summed E-state index contributed by atoms with van der Waals surface area (Å²) in [5, 5.41) is 5.40. The second-order valence-electron chi connectivity index (χ2n) is 7.25. The third-order valence-electron chi connectivity index (χ3n) is 4.52. The number of hydrogen-bond donors (Lipinski definition) is 2. The van der Waals surface area contributed by atoms with Gasteiger partial charge in [0.15, 0.2) is 15.9 Å². The van der Waals surface area contributed by atoms with Crippen LogP contribution in [-0.4, -0.2) is 64.2 Å². The van der Waals surface area contributed by atoms with Crippen molar-refractivity contribution in [1.82, 2.24) is 0 Å². The maximum absolute atomic E-state index is 12.7. The number of rotatable bonds is 7. The van der Waals surface area contributed by atoms with E-state index in [0.29, 0.717) is 35.2 Å². The summed E-state index contributed by atoms with van der Waals surface area (Å²) in [5.41, 5.74) is 1.33. The molecule has 0 aromatic heterocycles. The van der Waals surface area contributed by atoms with E-state index in [2.05, 4.69) is 10.6 Å². The van der Waals surface area contributed by atoms with Gasteiger partial charge in [0.2, 0.25) is 0 Å². The molecule has 0 radical (unpaired) electrons. The fourth-order valence-electron chi connectivity index (χ4n) is 2.99. The van der Waals surface area contributed by atoms with Crippen molar-refractivity contribution in [1.29, 1.82) is 0 Å². The highest BCUT2D eigenvalue weighted by Gasteiger charge is 2.28. The molecule has 3 amide bonds. The topological polar surface area (TPSA) is 131 Å². The number of nitrogens with zero attached hydrogens (tertiary/aromatic N) is 1. The van der Waals surface area contributed by atoms with E-state index >= 15 is 0 Å². The largest absolute Gasteiger partial charge is 0.435 e. The summed E-state index contributed by atoms with van der Waals surface area (Å²) < 4.78 is 33.7. The van der Waals surface area contributed by atoms with Crippen LogP contribution >= 0.6 is 11.6 Å². The fourth-order valence-corrected chi connectivity index (χ4v) is 3.88. The number of carbonyl (C=O) groups excluding carboxylic acids is 3. The van der Waals surface area contributed by atoms with Crippen molar-refractivity contribution in [2.75, 3.05) is 47.3 Å². The SMILES string of the molecule is CS(=O)(=O)C[C@H](OC(=O)Nc1ccc(Cl)cc1)C(=O)Nc1ccc(N2CCOCC2=O)cc1. The third kappa shape index (κ3) is 7.45. The molecule has 0 spiro atoms. The quantitative estimate of drug-likeness (QED) is 0.602. The van der Waals surface area contributed by atoms with Gasteiger partial charge < -0.3 is 19.7 Å². The van der Waals surface area contributed by atoms with Gasteiger partial charge in [0.05, 0.1) is 12.4 Å². The van der Waals surface area contributed by atoms with E-state index in [0.717, 1.165) is 6.26 Å². The van der Waals surface area contributed by atoms with Crippen LogP contribution in [0.15, 0.2) is 48.5 Å². The Morgan fingerprint density at radius 3 is 2.30 bits per heavy atom. The van der Waals surface area contributed by atoms with Crippen molar-refractivity contribution in [3.8, 4) is 0 Å². The lowest BCUT2D eigenvalue weighted by atomic mass is 10.2. The number of hydrogen-bond acceptors (Lipinski definition) is 7. The molecule has 1 aliphatic rings. The second kappa shape index (κ2) is 10.6. The molecule has 2 aromatic carbocycles. The van der Waals surface area contributed by atoms with Crippen molar-refractivity contribution in [2.45, 2.75) is 6.10 Å². The van der Waals surface area contributed by atoms with Crippen molar-refractivity contribution < 1.29 is 32.3 Å². The summed E-state index contributed by atoms with van der Waals surface area (Å²) in [6, 6.07) is 12.5. The van der Waals surface area contributed by atoms with Gasteiger partial charge in [0.1, 0.15) is 6.61 Å². The van der Waals surface area contributed by atoms with Crippen molar-refractivity contribution in [2.24, 2.45) is 0 Å². The molecule has 176 valence electrons. The van der Waals surface area contributed by atoms with Crippen LogP contribution in [0.5, 0.6) is 0 Å². The van der Waals surface area contributed by atoms with Crippen LogP contribution in [0, 0.1) is 0 Å². The van der Waals surface area contributed by atoms with Crippen molar-refractivity contribution in [3.63, 3.8) is 0 Å². The van der Waals surface area contributed by atoms with Crippen molar-refractivity contribution >= 4 is 56.4 Å². The Kier molecular flexibility index (Phi) is 7.90. The molecule has 33 heavy (non-hydrogen) atoms. The zero-order valence-electron chi connectivity index (χ0n) is 17.6. The lowest BCUT2D eigenvalue weighted by Crippen LogP contribution is -2.41. The highest BCUT2D eigenvalue weighted by atomic mass is 35.5. The normalized spacial score (nSPS) is 15.0. The van der Waals surface area contributed by atoms with Gasteiger partial charge in [-0.2, -0.15) is 0 Å². The Labute approximate surface area is 195 Å². The minimum atomic E-state index is -3.65. The van der Waals surface area contributed by atoms with Gasteiger partial charge in [-0.15, -0.1) is 0 Å². The summed E-state index contributed by atoms with van der Waals surface area (Å²) in [5.74, 6) is -1.69. The summed E-state index contributed by atoms with van der Waals surface area (Å²) in [6.07, 6.45) is -1.66. The molecule has 2 N–H and O–H groups in total. The highest BCUT2D eigenvalue weighted by Crippen LogP contribution is 2.20. The van der Waals surface area contributed by atoms with Gasteiger partial charge in [-0.25, -0.2) is 13.2 Å². The Balaban J connectivity index is 1.66. The first-order chi connectivity index (χ1) is 15.6. The van der Waals surface area contributed by atoms with Gasteiger partial charge >= 0.3 is 6.09 Å². The number of halogens is 1. The predicted octanol–water partition coefficient (Wildman–Crippen LogP) is 2.30. The lowest BCUT2D eigenvalue weighted by molar-refractivity contribution is -0.125. The number of benzene rings is 2. The van der Waals surface area contributed by atoms with Crippen LogP contribution in [0.2, 0.25) is 5.02 Å². The average Bonchev–Trinajstić information content (AvgIpc) is 2.75. The van der Waals surface area contributed by atoms with Crippen LogP contribution in [0.1, 0.15) is 0 Å². The van der Waals surface area contributed by atoms with Crippen LogP contribution in [-0.2, 0) is 28.9 Å². The molecule has 1 atom stereocenters. The van der Waals surface area contributed by atoms with Gasteiger partial charge in [-0.1, -0.05) is 11.6 Å². The Morgan fingerprint density at radius 1 is 1.09 bits per heavy atom. The number of anilines is 3. The van der Waals surface area contributed by atoms with Gasteiger partial charge in [-0.05, 0) is 48.5 Å². The Hall–Kier alpha value is -3.15. The summed E-state index contributed by atoms with van der Waals surface area (Å²) in [4.78, 5) is 38.4. The predicted molar refractivity (Wildman–Crippen MR) is 123 cm³/mol. The minimum absolute atomic E-state index is 0.00107. The van der Waals surface area contributed by atoms with E-state index in [4.69, 9.17) is 21.1 Å². The van der Waals surface area contributed by atoms with Crippen LogP contribution < -0.4 is 15.5 Å². The summed E-state index contributed by atoms with van der Waals surface area (Å²) in [7, 11) is -3.65. The molecule has 12 heteroatoms. The summed E-state index contributed by atoms with van der Waals surface area (Å²) >= 11 is 5.80. The smallest absolute Gasteiger partial charge is 0.412 e. The number of amides is 3. The number of ether oxygens (including phenoxy) is 2. The standard InChI is InChI=1S/C21H22ClN3O7S/c1-33(29,30)13-18(32-21(28)24-16-4-2-14(22)3-5-16)20(27)23-15-6-8-17(9-7-15)25-10-11-31-12-19(25)26/h2-9,18H,10-13H2,1H3,(H,23,27)(H,24,28)/t18-/m0/s1. The molecule has 0 bridgehead atoms. The molecule has 0 saturated carbocycles. The molecular formula is C21H22ClN3O7S. The third-order valence-corrected chi connectivity index (χ3v) is 5.68. The molecule has 1 heterocycles. The number of carbonyl (C=O) groups is 3. The van der Waals surface area contributed by atoms with E-state index in [9.17, 15) is 22.8 Å². The first-order valence-corrected chi connectivity index (χ1v) is 12.2. The monoisotopic (exact) mass is 495 g/mol. The second-order valence-corrected chi connectivity index (χ2v) is 9.87.